The summed E-state index contributed by atoms with van der Waals surface area (Å²) in [5.41, 5.74) is 0. The fraction of sp³-hybridized carbons (Fsp3) is 0.200. The third-order valence-corrected chi connectivity index (χ3v) is 1.02. The van der Waals surface area contributed by atoms with Crippen molar-refractivity contribution in [2.45, 2.75) is 0 Å². The van der Waals surface area contributed by atoms with Crippen molar-refractivity contribution in [3.05, 3.63) is 23.5 Å². The van der Waals surface area contributed by atoms with Gasteiger partial charge in [0, 0.05) is 19.3 Å². The lowest BCUT2D eigenvalue weighted by atomic mass is 10.6. The lowest BCUT2D eigenvalue weighted by Crippen LogP contribution is -2.08. The van der Waals surface area contributed by atoms with Gasteiger partial charge in [-0.2, -0.15) is 0 Å². The SMILES string of the molecule is CN(N=O)c1ccncn1. The number of nitroso groups, excluding NO2 is 1. The van der Waals surface area contributed by atoms with Crippen molar-refractivity contribution >= 4 is 5.82 Å². The molecule has 0 spiro atoms. The maximum absolute atomic E-state index is 9.92. The minimum Gasteiger partial charge on any atom is -0.245 e. The van der Waals surface area contributed by atoms with Crippen LogP contribution in [0.3, 0.4) is 0 Å². The van der Waals surface area contributed by atoms with Crippen molar-refractivity contribution in [3.8, 4) is 0 Å². The molecule has 0 radical (unpaired) electrons. The zero-order valence-corrected chi connectivity index (χ0v) is 5.43. The van der Waals surface area contributed by atoms with Gasteiger partial charge in [-0.3, -0.25) is 0 Å². The molecule has 0 aliphatic carbocycles. The van der Waals surface area contributed by atoms with Gasteiger partial charge in [0.25, 0.3) is 0 Å². The Balaban J connectivity index is 2.84. The molecule has 0 aliphatic rings. The molecule has 0 saturated carbocycles. The van der Waals surface area contributed by atoms with E-state index in [0.717, 1.165) is 5.01 Å². The Bertz CT molecular complexity index is 212. The normalized spacial score (nSPS) is 8.90. The van der Waals surface area contributed by atoms with Crippen LogP contribution in [-0.4, -0.2) is 17.0 Å². The van der Waals surface area contributed by atoms with E-state index in [-0.39, 0.29) is 0 Å². The summed E-state index contributed by atoms with van der Waals surface area (Å²) in [6.07, 6.45) is 2.90. The molecule has 52 valence electrons. The predicted octanol–water partition coefficient (Wildman–Crippen LogP) is 0.594. The third kappa shape index (κ3) is 1.25. The second kappa shape index (κ2) is 2.86. The molecule has 1 rings (SSSR count). The zero-order chi connectivity index (χ0) is 7.40. The summed E-state index contributed by atoms with van der Waals surface area (Å²) in [7, 11) is 1.52. The maximum Gasteiger partial charge on any atom is 0.154 e. The number of hydrogen-bond donors (Lipinski definition) is 0. The molecule has 0 saturated heterocycles. The molecule has 1 aromatic rings. The van der Waals surface area contributed by atoms with E-state index >= 15 is 0 Å². The highest BCUT2D eigenvalue weighted by molar-refractivity contribution is 5.33. The zero-order valence-electron chi connectivity index (χ0n) is 5.43. The van der Waals surface area contributed by atoms with Gasteiger partial charge in [0.2, 0.25) is 0 Å². The van der Waals surface area contributed by atoms with Crippen LogP contribution in [0.25, 0.3) is 0 Å². The Morgan fingerprint density at radius 1 is 1.70 bits per heavy atom. The number of nitrogens with zero attached hydrogens (tertiary/aromatic N) is 4. The first kappa shape index (κ1) is 6.60. The average molecular weight is 138 g/mol. The first-order chi connectivity index (χ1) is 4.84. The second-order valence-corrected chi connectivity index (χ2v) is 1.67. The van der Waals surface area contributed by atoms with E-state index < -0.39 is 0 Å². The van der Waals surface area contributed by atoms with Gasteiger partial charge in [-0.15, -0.1) is 4.91 Å². The lowest BCUT2D eigenvalue weighted by Gasteiger charge is -2.03. The first-order valence-electron chi connectivity index (χ1n) is 2.67. The van der Waals surface area contributed by atoms with Crippen LogP contribution in [0.5, 0.6) is 0 Å². The van der Waals surface area contributed by atoms with Crippen LogP contribution >= 0.6 is 0 Å². The molecule has 0 unspecified atom stereocenters. The molecular formula is C5H6N4O. The Kier molecular flexibility index (Phi) is 1.89. The van der Waals surface area contributed by atoms with Crippen LogP contribution in [0.1, 0.15) is 0 Å². The van der Waals surface area contributed by atoms with E-state index in [1.54, 1.807) is 12.3 Å². The van der Waals surface area contributed by atoms with E-state index in [1.807, 2.05) is 0 Å². The van der Waals surface area contributed by atoms with E-state index in [1.165, 1.54) is 13.4 Å². The van der Waals surface area contributed by atoms with Crippen LogP contribution in [0, 0.1) is 4.91 Å². The van der Waals surface area contributed by atoms with Crippen molar-refractivity contribution in [1.29, 1.82) is 0 Å². The molecule has 0 aliphatic heterocycles. The number of hydrogen-bond acceptors (Lipinski definition) is 4. The van der Waals surface area contributed by atoms with Crippen molar-refractivity contribution in [2.75, 3.05) is 12.1 Å². The van der Waals surface area contributed by atoms with E-state index in [2.05, 4.69) is 15.3 Å². The Hall–Kier alpha value is -1.52. The number of rotatable bonds is 2. The highest BCUT2D eigenvalue weighted by Crippen LogP contribution is 2.03. The van der Waals surface area contributed by atoms with Gasteiger partial charge in [0.05, 0.1) is 5.29 Å². The van der Waals surface area contributed by atoms with Gasteiger partial charge >= 0.3 is 0 Å². The van der Waals surface area contributed by atoms with Crippen molar-refractivity contribution < 1.29 is 0 Å². The largest absolute Gasteiger partial charge is 0.245 e. The summed E-state index contributed by atoms with van der Waals surface area (Å²) in [4.78, 5) is 17.4. The Morgan fingerprint density at radius 2 is 2.50 bits per heavy atom. The number of aromatic nitrogens is 2. The van der Waals surface area contributed by atoms with Gasteiger partial charge in [0.1, 0.15) is 6.33 Å². The molecule has 5 nitrogen and oxygen atoms in total. The molecule has 10 heavy (non-hydrogen) atoms. The van der Waals surface area contributed by atoms with E-state index in [4.69, 9.17) is 0 Å². The second-order valence-electron chi connectivity index (χ2n) is 1.67. The molecule has 0 fully saturated rings. The molecule has 0 atom stereocenters. The van der Waals surface area contributed by atoms with Crippen LogP contribution in [0.15, 0.2) is 23.9 Å². The Morgan fingerprint density at radius 3 is 3.00 bits per heavy atom. The molecule has 0 bridgehead atoms. The summed E-state index contributed by atoms with van der Waals surface area (Å²) in [6, 6.07) is 1.60. The molecule has 1 heterocycles. The van der Waals surface area contributed by atoms with Crippen molar-refractivity contribution in [3.63, 3.8) is 0 Å². The van der Waals surface area contributed by atoms with Gasteiger partial charge in [-0.1, -0.05) is 0 Å². The summed E-state index contributed by atoms with van der Waals surface area (Å²) < 4.78 is 0. The monoisotopic (exact) mass is 138 g/mol. The summed E-state index contributed by atoms with van der Waals surface area (Å²) >= 11 is 0. The minimum atomic E-state index is 0.491. The molecule has 1 aromatic heterocycles. The maximum atomic E-state index is 9.92. The minimum absolute atomic E-state index is 0.491. The standard InChI is InChI=1S/C5H6N4O/c1-9(8-10)5-2-3-6-4-7-5/h2-4H,1H3. The summed E-state index contributed by atoms with van der Waals surface area (Å²) in [6.45, 7) is 0. The van der Waals surface area contributed by atoms with E-state index in [0.29, 0.717) is 5.82 Å². The van der Waals surface area contributed by atoms with Crippen LogP contribution in [0.4, 0.5) is 5.82 Å². The molecular weight excluding hydrogens is 132 g/mol. The average Bonchev–Trinajstić information content (AvgIpc) is 2.05. The molecule has 0 aromatic carbocycles. The highest BCUT2D eigenvalue weighted by atomic mass is 16.3. The topological polar surface area (TPSA) is 58.5 Å². The van der Waals surface area contributed by atoms with Crippen LogP contribution in [0.2, 0.25) is 0 Å². The Labute approximate surface area is 57.7 Å². The van der Waals surface area contributed by atoms with Crippen molar-refractivity contribution in [2.24, 2.45) is 5.29 Å². The molecule has 0 amide bonds. The molecule has 5 heteroatoms. The van der Waals surface area contributed by atoms with Gasteiger partial charge in [-0.25, -0.2) is 15.0 Å². The summed E-state index contributed by atoms with van der Waals surface area (Å²) in [5.74, 6) is 0.491. The fourth-order valence-electron chi connectivity index (χ4n) is 0.517. The van der Waals surface area contributed by atoms with Gasteiger partial charge in [-0.05, 0) is 0 Å². The quantitative estimate of drug-likeness (QED) is 0.443. The summed E-state index contributed by atoms with van der Waals surface area (Å²) in [5, 5.41) is 3.78. The predicted molar refractivity (Wildman–Crippen MR) is 36.2 cm³/mol. The third-order valence-electron chi connectivity index (χ3n) is 1.02. The van der Waals surface area contributed by atoms with Crippen molar-refractivity contribution in [1.82, 2.24) is 9.97 Å². The lowest BCUT2D eigenvalue weighted by molar-refractivity contribution is 0.953. The highest BCUT2D eigenvalue weighted by Gasteiger charge is 1.97. The fourth-order valence-corrected chi connectivity index (χ4v) is 0.517. The smallest absolute Gasteiger partial charge is 0.154 e. The van der Waals surface area contributed by atoms with Gasteiger partial charge < -0.3 is 0 Å². The van der Waals surface area contributed by atoms with Crippen LogP contribution in [-0.2, 0) is 0 Å². The van der Waals surface area contributed by atoms with E-state index in [9.17, 15) is 4.91 Å². The van der Waals surface area contributed by atoms with Gasteiger partial charge in [0.15, 0.2) is 5.82 Å². The first-order valence-corrected chi connectivity index (χ1v) is 2.67. The number of anilines is 1. The molecule has 0 N–H and O–H groups in total. The van der Waals surface area contributed by atoms with Crippen LogP contribution < -0.4 is 5.01 Å².